The number of hydrogen-bond acceptors (Lipinski definition) is 3. The monoisotopic (exact) mass is 347 g/mol. The van der Waals surface area contributed by atoms with Gasteiger partial charge in [-0.25, -0.2) is 8.78 Å². The zero-order valence-electron chi connectivity index (χ0n) is 13.8. The molecule has 2 aromatic carbocycles. The van der Waals surface area contributed by atoms with Crippen LogP contribution >= 0.6 is 0 Å². The molecule has 0 saturated carbocycles. The Bertz CT molecular complexity index is 781. The van der Waals surface area contributed by atoms with Crippen LogP contribution in [0.3, 0.4) is 0 Å². The van der Waals surface area contributed by atoms with Gasteiger partial charge in [0, 0.05) is 17.7 Å². The van der Waals surface area contributed by atoms with E-state index in [0.29, 0.717) is 11.3 Å². The molecule has 0 bridgehead atoms. The van der Waals surface area contributed by atoms with Gasteiger partial charge in [0.2, 0.25) is 5.91 Å². The molecule has 1 amide bonds. The number of rotatable bonds is 4. The number of carbonyl (C=O) groups is 1. The van der Waals surface area contributed by atoms with Gasteiger partial charge in [-0.2, -0.15) is 0 Å². The maximum absolute atomic E-state index is 14.1. The standard InChI is InChI=1S/C19H19F2NO3/c1-25-18-5-3-2-4-12(18)8-19(24)22-11-14(23)10-17(22)15-9-13(20)6-7-16(15)21/h2-7,9,14,17,23H,8,10-11H2,1H3. The second-order valence-electron chi connectivity index (χ2n) is 6.11. The van der Waals surface area contributed by atoms with Crippen molar-refractivity contribution in [2.45, 2.75) is 25.0 Å². The molecule has 1 fully saturated rings. The van der Waals surface area contributed by atoms with Crippen molar-refractivity contribution >= 4 is 5.91 Å². The highest BCUT2D eigenvalue weighted by molar-refractivity contribution is 5.80. The number of likely N-dealkylation sites (tertiary alicyclic amines) is 1. The molecule has 2 unspecified atom stereocenters. The summed E-state index contributed by atoms with van der Waals surface area (Å²) < 4.78 is 32.9. The molecule has 1 N–H and O–H groups in total. The molecule has 1 aliphatic rings. The number of ether oxygens (including phenoxy) is 1. The molecular formula is C19H19F2NO3. The molecule has 2 atom stereocenters. The van der Waals surface area contributed by atoms with Crippen LogP contribution in [0, 0.1) is 11.6 Å². The number of carbonyl (C=O) groups excluding carboxylic acids is 1. The molecule has 3 rings (SSSR count). The molecule has 25 heavy (non-hydrogen) atoms. The van der Waals surface area contributed by atoms with E-state index in [2.05, 4.69) is 0 Å². The summed E-state index contributed by atoms with van der Waals surface area (Å²) in [6.45, 7) is 0.0919. The van der Waals surface area contributed by atoms with Crippen molar-refractivity contribution in [3.05, 3.63) is 65.2 Å². The number of benzene rings is 2. The molecule has 4 nitrogen and oxygen atoms in total. The minimum atomic E-state index is -0.769. The van der Waals surface area contributed by atoms with Gasteiger partial charge in [0.15, 0.2) is 0 Å². The van der Waals surface area contributed by atoms with Crippen LogP contribution in [0.2, 0.25) is 0 Å². The van der Waals surface area contributed by atoms with Gasteiger partial charge in [0.1, 0.15) is 17.4 Å². The molecule has 0 aliphatic carbocycles. The molecule has 1 heterocycles. The van der Waals surface area contributed by atoms with E-state index in [-0.39, 0.29) is 30.9 Å². The second-order valence-corrected chi connectivity index (χ2v) is 6.11. The largest absolute Gasteiger partial charge is 0.496 e. The summed E-state index contributed by atoms with van der Waals surface area (Å²) in [6, 6.07) is 9.61. The van der Waals surface area contributed by atoms with Gasteiger partial charge < -0.3 is 14.7 Å². The number of aliphatic hydroxyl groups is 1. The first-order valence-corrected chi connectivity index (χ1v) is 8.04. The Balaban J connectivity index is 1.86. The second kappa shape index (κ2) is 7.19. The number of hydrogen-bond donors (Lipinski definition) is 1. The van der Waals surface area contributed by atoms with E-state index in [0.717, 1.165) is 18.2 Å². The Morgan fingerprint density at radius 2 is 2.04 bits per heavy atom. The molecular weight excluding hydrogens is 328 g/mol. The van der Waals surface area contributed by atoms with Crippen LogP contribution < -0.4 is 4.74 Å². The first kappa shape index (κ1) is 17.4. The summed E-state index contributed by atoms with van der Waals surface area (Å²) in [4.78, 5) is 14.2. The molecule has 0 spiro atoms. The minimum absolute atomic E-state index is 0.0597. The number of nitrogens with zero attached hydrogens (tertiary/aromatic N) is 1. The van der Waals surface area contributed by atoms with Crippen molar-refractivity contribution < 1.29 is 23.4 Å². The third-order valence-corrected chi connectivity index (χ3v) is 4.45. The van der Waals surface area contributed by atoms with Crippen LogP contribution in [0.15, 0.2) is 42.5 Å². The quantitative estimate of drug-likeness (QED) is 0.925. The fraction of sp³-hybridized carbons (Fsp3) is 0.316. The summed E-state index contributed by atoms with van der Waals surface area (Å²) in [5, 5.41) is 9.97. The molecule has 132 valence electrons. The summed E-state index contributed by atoms with van der Waals surface area (Å²) in [6.07, 6.45) is -0.531. The Hall–Kier alpha value is -2.47. The number of amides is 1. The lowest BCUT2D eigenvalue weighted by Gasteiger charge is -2.25. The zero-order valence-corrected chi connectivity index (χ0v) is 13.8. The van der Waals surface area contributed by atoms with Crippen LogP contribution in [0.1, 0.15) is 23.6 Å². The fourth-order valence-corrected chi connectivity index (χ4v) is 3.27. The minimum Gasteiger partial charge on any atom is -0.496 e. The topological polar surface area (TPSA) is 49.8 Å². The summed E-state index contributed by atoms with van der Waals surface area (Å²) >= 11 is 0. The zero-order chi connectivity index (χ0) is 18.0. The Morgan fingerprint density at radius 1 is 1.28 bits per heavy atom. The average Bonchev–Trinajstić information content (AvgIpc) is 2.99. The summed E-state index contributed by atoms with van der Waals surface area (Å²) in [5.74, 6) is -0.843. The predicted octanol–water partition coefficient (Wildman–Crippen LogP) is 2.85. The smallest absolute Gasteiger partial charge is 0.227 e. The predicted molar refractivity (Wildman–Crippen MR) is 88.1 cm³/mol. The normalized spacial score (nSPS) is 19.9. The molecule has 0 radical (unpaired) electrons. The van der Waals surface area contributed by atoms with E-state index >= 15 is 0 Å². The van der Waals surface area contributed by atoms with E-state index < -0.39 is 23.8 Å². The van der Waals surface area contributed by atoms with E-state index in [4.69, 9.17) is 4.74 Å². The van der Waals surface area contributed by atoms with Crippen molar-refractivity contribution in [1.82, 2.24) is 4.90 Å². The van der Waals surface area contributed by atoms with E-state index in [1.807, 2.05) is 0 Å². The fourth-order valence-electron chi connectivity index (χ4n) is 3.27. The van der Waals surface area contributed by atoms with Crippen molar-refractivity contribution in [2.75, 3.05) is 13.7 Å². The van der Waals surface area contributed by atoms with Crippen LogP contribution in [0.4, 0.5) is 8.78 Å². The molecule has 1 aliphatic heterocycles. The molecule has 1 saturated heterocycles. The van der Waals surface area contributed by atoms with Crippen LogP contribution in [-0.2, 0) is 11.2 Å². The highest BCUT2D eigenvalue weighted by atomic mass is 19.1. The lowest BCUT2D eigenvalue weighted by atomic mass is 10.0. The summed E-state index contributed by atoms with van der Waals surface area (Å²) in [5.41, 5.74) is 0.791. The highest BCUT2D eigenvalue weighted by Gasteiger charge is 2.36. The van der Waals surface area contributed by atoms with Gasteiger partial charge in [0.25, 0.3) is 0 Å². The van der Waals surface area contributed by atoms with Crippen LogP contribution in [0.5, 0.6) is 5.75 Å². The Morgan fingerprint density at radius 3 is 2.80 bits per heavy atom. The van der Waals surface area contributed by atoms with Crippen molar-refractivity contribution in [2.24, 2.45) is 0 Å². The van der Waals surface area contributed by atoms with Crippen molar-refractivity contribution in [3.8, 4) is 5.75 Å². The SMILES string of the molecule is COc1ccccc1CC(=O)N1CC(O)CC1c1cc(F)ccc1F. The van der Waals surface area contributed by atoms with Gasteiger partial charge in [-0.05, 0) is 30.7 Å². The Kier molecular flexibility index (Phi) is 4.99. The van der Waals surface area contributed by atoms with Gasteiger partial charge in [-0.1, -0.05) is 18.2 Å². The van der Waals surface area contributed by atoms with E-state index in [1.54, 1.807) is 24.3 Å². The van der Waals surface area contributed by atoms with Crippen molar-refractivity contribution in [1.29, 1.82) is 0 Å². The lowest BCUT2D eigenvalue weighted by Crippen LogP contribution is -2.33. The van der Waals surface area contributed by atoms with E-state index in [1.165, 1.54) is 12.0 Å². The lowest BCUT2D eigenvalue weighted by molar-refractivity contribution is -0.131. The third-order valence-electron chi connectivity index (χ3n) is 4.45. The maximum Gasteiger partial charge on any atom is 0.227 e. The van der Waals surface area contributed by atoms with Gasteiger partial charge in [0.05, 0.1) is 25.7 Å². The Labute approximate surface area is 144 Å². The van der Waals surface area contributed by atoms with E-state index in [9.17, 15) is 18.7 Å². The summed E-state index contributed by atoms with van der Waals surface area (Å²) in [7, 11) is 1.52. The average molecular weight is 347 g/mol. The van der Waals surface area contributed by atoms with Gasteiger partial charge >= 0.3 is 0 Å². The third kappa shape index (κ3) is 3.64. The number of methoxy groups -OCH3 is 1. The van der Waals surface area contributed by atoms with Crippen molar-refractivity contribution in [3.63, 3.8) is 0 Å². The first-order valence-electron chi connectivity index (χ1n) is 8.04. The van der Waals surface area contributed by atoms with Gasteiger partial charge in [-0.15, -0.1) is 0 Å². The number of para-hydroxylation sites is 1. The van der Waals surface area contributed by atoms with Gasteiger partial charge in [-0.3, -0.25) is 4.79 Å². The number of aliphatic hydroxyl groups excluding tert-OH is 1. The number of halogens is 2. The molecule has 6 heteroatoms. The highest BCUT2D eigenvalue weighted by Crippen LogP contribution is 2.35. The molecule has 2 aromatic rings. The van der Waals surface area contributed by atoms with Crippen LogP contribution in [0.25, 0.3) is 0 Å². The maximum atomic E-state index is 14.1. The van der Waals surface area contributed by atoms with Crippen LogP contribution in [-0.4, -0.2) is 35.7 Å². The first-order chi connectivity index (χ1) is 12.0. The number of β-amino-alcohol motifs (C(OH)–C–C–N with tert-alkyl or cyclic N) is 1. The molecule has 0 aromatic heterocycles.